The molecule has 0 bridgehead atoms. The second-order valence-electron chi connectivity index (χ2n) is 10.0. The minimum atomic E-state index is -0.570. The Morgan fingerprint density at radius 1 is 1.00 bits per heavy atom. The maximum absolute atomic E-state index is 13.2. The van der Waals surface area contributed by atoms with E-state index in [0.717, 1.165) is 62.8 Å². The van der Waals surface area contributed by atoms with Gasteiger partial charge in [0.05, 0.1) is 23.7 Å². The van der Waals surface area contributed by atoms with Gasteiger partial charge in [0.2, 0.25) is 5.91 Å². The summed E-state index contributed by atoms with van der Waals surface area (Å²) in [7, 11) is 0. The largest absolute Gasteiger partial charge is 0.490 e. The second-order valence-corrected chi connectivity index (χ2v) is 13.0. The quantitative estimate of drug-likeness (QED) is 0.165. The fourth-order valence-corrected chi connectivity index (χ4v) is 7.31. The van der Waals surface area contributed by atoms with Gasteiger partial charge in [-0.05, 0) is 98.3 Å². The first-order valence-electron chi connectivity index (χ1n) is 14.3. The molecule has 0 spiro atoms. The van der Waals surface area contributed by atoms with Gasteiger partial charge in [-0.2, -0.15) is 0 Å². The third-order valence-corrected chi connectivity index (χ3v) is 9.60. The van der Waals surface area contributed by atoms with Crippen LogP contribution >= 0.6 is 39.0 Å². The molecule has 44 heavy (non-hydrogen) atoms. The van der Waals surface area contributed by atoms with Crippen LogP contribution in [0, 0.1) is 0 Å². The fraction of sp³-hybridized carbons (Fsp3) is 0.312. The highest BCUT2D eigenvalue weighted by Gasteiger charge is 2.37. The number of thiophene rings is 1. The molecule has 1 saturated heterocycles. The summed E-state index contributed by atoms with van der Waals surface area (Å²) >= 11 is 5.54. The van der Waals surface area contributed by atoms with Gasteiger partial charge in [0.1, 0.15) is 18.2 Å². The predicted octanol–water partition coefficient (Wildman–Crippen LogP) is 7.22. The summed E-state index contributed by atoms with van der Waals surface area (Å²) in [6, 6.07) is 13.1. The Balaban J connectivity index is 1.27. The van der Waals surface area contributed by atoms with Crippen LogP contribution in [0.1, 0.15) is 58.6 Å². The van der Waals surface area contributed by atoms with E-state index in [-0.39, 0.29) is 11.5 Å². The van der Waals surface area contributed by atoms with E-state index in [1.165, 1.54) is 11.3 Å². The molecule has 1 fully saturated rings. The molecule has 3 amide bonds. The maximum Gasteiger partial charge on any atom is 0.341 e. The van der Waals surface area contributed by atoms with E-state index in [1.807, 2.05) is 31.2 Å². The van der Waals surface area contributed by atoms with E-state index < -0.39 is 29.6 Å². The van der Waals surface area contributed by atoms with E-state index >= 15 is 0 Å². The molecule has 12 heteroatoms. The molecular formula is C32H31BrN2O7S2. The number of anilines is 1. The number of fused-ring (bicyclic) bond motifs is 1. The van der Waals surface area contributed by atoms with Crippen molar-refractivity contribution >= 4 is 73.1 Å². The van der Waals surface area contributed by atoms with Crippen molar-refractivity contribution in [3.05, 3.63) is 79.0 Å². The molecule has 1 aliphatic heterocycles. The number of imide groups is 1. The SMILES string of the molecule is CCOC(=O)c1c(NC(=O)CN2C(=O)SC(=Cc3ccc(OCc4ccc(Br)cc4)c(OCC)c3)C2=O)sc2c1CCCC2. The van der Waals surface area contributed by atoms with Crippen LogP contribution in [0.5, 0.6) is 11.5 Å². The lowest BCUT2D eigenvalue weighted by atomic mass is 9.95. The number of halogens is 1. The number of benzene rings is 2. The molecule has 0 unspecified atom stereocenters. The van der Waals surface area contributed by atoms with Crippen LogP contribution in [0.4, 0.5) is 9.80 Å². The van der Waals surface area contributed by atoms with Gasteiger partial charge in [-0.25, -0.2) is 4.79 Å². The fourth-order valence-electron chi connectivity index (χ4n) is 4.91. The Labute approximate surface area is 272 Å². The van der Waals surface area contributed by atoms with Gasteiger partial charge < -0.3 is 19.5 Å². The van der Waals surface area contributed by atoms with Gasteiger partial charge in [0, 0.05) is 9.35 Å². The lowest BCUT2D eigenvalue weighted by Gasteiger charge is -2.14. The predicted molar refractivity (Wildman–Crippen MR) is 174 cm³/mol. The van der Waals surface area contributed by atoms with Crippen molar-refractivity contribution < 1.29 is 33.4 Å². The molecule has 1 N–H and O–H groups in total. The zero-order valence-electron chi connectivity index (χ0n) is 24.3. The van der Waals surface area contributed by atoms with Crippen molar-refractivity contribution in [1.82, 2.24) is 4.90 Å². The Kier molecular flexibility index (Phi) is 10.4. The number of rotatable bonds is 11. The van der Waals surface area contributed by atoms with E-state index in [0.29, 0.717) is 40.8 Å². The van der Waals surface area contributed by atoms with Crippen LogP contribution in [0.3, 0.4) is 0 Å². The maximum atomic E-state index is 13.2. The monoisotopic (exact) mass is 698 g/mol. The topological polar surface area (TPSA) is 111 Å². The van der Waals surface area contributed by atoms with Crippen LogP contribution in [-0.2, 0) is 33.8 Å². The Morgan fingerprint density at radius 2 is 1.77 bits per heavy atom. The van der Waals surface area contributed by atoms with Crippen LogP contribution in [-0.4, -0.2) is 47.7 Å². The number of nitrogens with zero attached hydrogens (tertiary/aromatic N) is 1. The zero-order valence-corrected chi connectivity index (χ0v) is 27.5. The number of aryl methyl sites for hydroxylation is 1. The van der Waals surface area contributed by atoms with Gasteiger partial charge in [0.25, 0.3) is 11.1 Å². The first-order chi connectivity index (χ1) is 21.3. The number of esters is 1. The Morgan fingerprint density at radius 3 is 2.52 bits per heavy atom. The molecule has 0 atom stereocenters. The molecular weight excluding hydrogens is 668 g/mol. The van der Waals surface area contributed by atoms with Gasteiger partial charge >= 0.3 is 5.97 Å². The van der Waals surface area contributed by atoms with E-state index in [9.17, 15) is 19.2 Å². The van der Waals surface area contributed by atoms with Gasteiger partial charge in [-0.1, -0.05) is 34.1 Å². The summed E-state index contributed by atoms with van der Waals surface area (Å²) in [5.41, 5.74) is 2.93. The number of hydrogen-bond acceptors (Lipinski definition) is 9. The highest BCUT2D eigenvalue weighted by Crippen LogP contribution is 2.39. The summed E-state index contributed by atoms with van der Waals surface area (Å²) in [6.07, 6.45) is 5.14. The summed E-state index contributed by atoms with van der Waals surface area (Å²) < 4.78 is 18.0. The van der Waals surface area contributed by atoms with Crippen molar-refractivity contribution in [3.8, 4) is 11.5 Å². The molecule has 2 aromatic carbocycles. The summed E-state index contributed by atoms with van der Waals surface area (Å²) in [5.74, 6) is -0.557. The summed E-state index contributed by atoms with van der Waals surface area (Å²) in [4.78, 5) is 53.9. The lowest BCUT2D eigenvalue weighted by molar-refractivity contribution is -0.127. The number of carbonyl (C=O) groups is 4. The molecule has 1 aliphatic carbocycles. The zero-order chi connectivity index (χ0) is 31.2. The van der Waals surface area contributed by atoms with Crippen LogP contribution in [0.25, 0.3) is 6.08 Å². The summed E-state index contributed by atoms with van der Waals surface area (Å²) in [5, 5.41) is 2.61. The molecule has 0 radical (unpaired) electrons. The highest BCUT2D eigenvalue weighted by atomic mass is 79.9. The smallest absolute Gasteiger partial charge is 0.341 e. The number of hydrogen-bond donors (Lipinski definition) is 1. The molecule has 2 aliphatic rings. The number of thioether (sulfide) groups is 1. The summed E-state index contributed by atoms with van der Waals surface area (Å²) in [6.45, 7) is 4.10. The van der Waals surface area contributed by atoms with E-state index in [4.69, 9.17) is 14.2 Å². The molecule has 5 rings (SSSR count). The molecule has 3 aromatic rings. The van der Waals surface area contributed by atoms with Crippen molar-refractivity contribution in [3.63, 3.8) is 0 Å². The van der Waals surface area contributed by atoms with Crippen molar-refractivity contribution in [2.45, 2.75) is 46.1 Å². The van der Waals surface area contributed by atoms with Crippen LogP contribution < -0.4 is 14.8 Å². The minimum absolute atomic E-state index is 0.188. The van der Waals surface area contributed by atoms with Gasteiger partial charge in [-0.15, -0.1) is 11.3 Å². The molecule has 0 saturated carbocycles. The number of amides is 3. The van der Waals surface area contributed by atoms with Crippen LogP contribution in [0.15, 0.2) is 51.8 Å². The second kappa shape index (κ2) is 14.4. The molecule has 9 nitrogen and oxygen atoms in total. The first-order valence-corrected chi connectivity index (χ1v) is 16.7. The molecule has 2 heterocycles. The number of nitrogens with one attached hydrogen (secondary N) is 1. The minimum Gasteiger partial charge on any atom is -0.490 e. The van der Waals surface area contributed by atoms with Crippen molar-refractivity contribution in [1.29, 1.82) is 0 Å². The van der Waals surface area contributed by atoms with Gasteiger partial charge in [-0.3, -0.25) is 19.3 Å². The normalized spacial score (nSPS) is 15.3. The number of carbonyl (C=O) groups excluding carboxylic acids is 4. The average Bonchev–Trinajstić information content (AvgIpc) is 3.49. The molecule has 1 aromatic heterocycles. The first kappa shape index (κ1) is 31.8. The lowest BCUT2D eigenvalue weighted by Crippen LogP contribution is -2.36. The van der Waals surface area contributed by atoms with Crippen molar-refractivity contribution in [2.75, 3.05) is 25.1 Å². The third-order valence-electron chi connectivity index (χ3n) is 6.95. The average molecular weight is 700 g/mol. The highest BCUT2D eigenvalue weighted by molar-refractivity contribution is 9.10. The van der Waals surface area contributed by atoms with Crippen LogP contribution in [0.2, 0.25) is 0 Å². The Bertz CT molecular complexity index is 1620. The standard InChI is InChI=1S/C32H31BrN2O7S2/c1-3-40-24-15-20(11-14-23(24)42-18-19-9-12-21(33)13-10-19)16-26-30(37)35(32(39)44-26)17-27(36)34-29-28(31(38)41-4-2)22-7-5-6-8-25(22)43-29/h9-16H,3-8,17-18H2,1-2H3,(H,34,36). The van der Waals surface area contributed by atoms with E-state index in [1.54, 1.807) is 31.2 Å². The Hall–Kier alpha value is -3.61. The van der Waals surface area contributed by atoms with Crippen molar-refractivity contribution in [2.24, 2.45) is 0 Å². The molecule has 230 valence electrons. The number of ether oxygens (including phenoxy) is 3. The van der Waals surface area contributed by atoms with E-state index in [2.05, 4.69) is 21.2 Å². The third kappa shape index (κ3) is 7.36. The van der Waals surface area contributed by atoms with Gasteiger partial charge in [0.15, 0.2) is 11.5 Å².